The van der Waals surface area contributed by atoms with E-state index in [1.165, 1.54) is 0 Å². The van der Waals surface area contributed by atoms with Crippen LogP contribution in [-0.2, 0) is 4.79 Å². The summed E-state index contributed by atoms with van der Waals surface area (Å²) in [5.41, 5.74) is 6.89. The monoisotopic (exact) mass is 264 g/mol. The molecule has 0 aliphatic carbocycles. The Morgan fingerprint density at radius 1 is 1.58 bits per heavy atom. The largest absolute Gasteiger partial charge is 0.397 e. The molecule has 19 heavy (non-hydrogen) atoms. The number of hydrogen-bond donors (Lipinski definition) is 3. The third kappa shape index (κ3) is 3.07. The van der Waals surface area contributed by atoms with Gasteiger partial charge in [-0.15, -0.1) is 0 Å². The van der Waals surface area contributed by atoms with E-state index in [-0.39, 0.29) is 23.9 Å². The molecule has 1 atom stereocenters. The van der Waals surface area contributed by atoms with E-state index in [9.17, 15) is 9.59 Å². The van der Waals surface area contributed by atoms with Gasteiger partial charge in [0.05, 0.1) is 5.69 Å². The van der Waals surface area contributed by atoms with Gasteiger partial charge in [-0.25, -0.2) is 0 Å². The molecule has 2 rings (SSSR count). The van der Waals surface area contributed by atoms with Crippen LogP contribution in [0.1, 0.15) is 43.2 Å². The molecule has 1 aromatic rings. The fraction of sp³-hybridized carbons (Fsp3) is 0.538. The number of rotatable bonds is 3. The minimum absolute atomic E-state index is 0.0121. The number of anilines is 1. The fourth-order valence-corrected chi connectivity index (χ4v) is 2.23. The van der Waals surface area contributed by atoms with Crippen molar-refractivity contribution in [2.45, 2.75) is 38.8 Å². The summed E-state index contributed by atoms with van der Waals surface area (Å²) in [7, 11) is 0. The quantitative estimate of drug-likeness (QED) is 0.749. The fourth-order valence-electron chi connectivity index (χ4n) is 2.23. The van der Waals surface area contributed by atoms with Gasteiger partial charge in [-0.2, -0.15) is 0 Å². The van der Waals surface area contributed by atoms with Crippen molar-refractivity contribution in [3.8, 4) is 0 Å². The number of nitrogen functional groups attached to an aromatic ring is 1. The molecule has 2 amide bonds. The van der Waals surface area contributed by atoms with Crippen molar-refractivity contribution >= 4 is 17.5 Å². The summed E-state index contributed by atoms with van der Waals surface area (Å²) >= 11 is 0. The van der Waals surface area contributed by atoms with E-state index in [4.69, 9.17) is 5.73 Å². The molecule has 1 aliphatic rings. The van der Waals surface area contributed by atoms with Crippen LogP contribution in [0.15, 0.2) is 12.3 Å². The second kappa shape index (κ2) is 5.34. The Morgan fingerprint density at radius 2 is 2.32 bits per heavy atom. The molecule has 0 spiro atoms. The molecule has 1 unspecified atom stereocenters. The van der Waals surface area contributed by atoms with Crippen LogP contribution in [0, 0.1) is 0 Å². The molecule has 6 nitrogen and oxygen atoms in total. The number of hydrogen-bond acceptors (Lipinski definition) is 3. The van der Waals surface area contributed by atoms with Gasteiger partial charge in [0.2, 0.25) is 5.91 Å². The molecule has 0 saturated carbocycles. The minimum atomic E-state index is -0.147. The number of aromatic nitrogens is 1. The van der Waals surface area contributed by atoms with E-state index in [0.717, 1.165) is 0 Å². The number of nitrogens with one attached hydrogen (secondary N) is 2. The zero-order chi connectivity index (χ0) is 14.0. The molecular formula is C13H20N4O2. The Morgan fingerprint density at radius 3 is 2.89 bits per heavy atom. The van der Waals surface area contributed by atoms with E-state index in [2.05, 4.69) is 10.6 Å². The zero-order valence-electron chi connectivity index (χ0n) is 11.3. The van der Waals surface area contributed by atoms with Gasteiger partial charge in [-0.3, -0.25) is 9.59 Å². The summed E-state index contributed by atoms with van der Waals surface area (Å²) in [6.07, 6.45) is 2.90. The van der Waals surface area contributed by atoms with Crippen LogP contribution in [0.3, 0.4) is 0 Å². The Bertz CT molecular complexity index is 483. The second-order valence-electron chi connectivity index (χ2n) is 5.17. The van der Waals surface area contributed by atoms with Gasteiger partial charge in [0, 0.05) is 31.2 Å². The third-order valence-corrected chi connectivity index (χ3v) is 3.26. The molecule has 1 aromatic heterocycles. The van der Waals surface area contributed by atoms with Gasteiger partial charge in [-0.1, -0.05) is 0 Å². The number of carbonyl (C=O) groups excluding carboxylic acids is 2. The van der Waals surface area contributed by atoms with Crippen LogP contribution < -0.4 is 16.4 Å². The Labute approximate surface area is 112 Å². The molecule has 1 fully saturated rings. The minimum Gasteiger partial charge on any atom is -0.397 e. The van der Waals surface area contributed by atoms with E-state index >= 15 is 0 Å². The number of carbonyl (C=O) groups is 2. The lowest BCUT2D eigenvalue weighted by Gasteiger charge is -2.24. The molecule has 1 aliphatic heterocycles. The maximum atomic E-state index is 12.2. The Kier molecular flexibility index (Phi) is 3.78. The summed E-state index contributed by atoms with van der Waals surface area (Å²) in [5.74, 6) is -0.105. The first-order chi connectivity index (χ1) is 8.97. The number of amides is 2. The van der Waals surface area contributed by atoms with E-state index in [0.29, 0.717) is 30.8 Å². The summed E-state index contributed by atoms with van der Waals surface area (Å²) in [6.45, 7) is 4.48. The maximum Gasteiger partial charge on any atom is 0.268 e. The maximum absolute atomic E-state index is 12.2. The summed E-state index contributed by atoms with van der Waals surface area (Å²) in [6, 6.07) is 1.84. The lowest BCUT2D eigenvalue weighted by molar-refractivity contribution is -0.122. The second-order valence-corrected chi connectivity index (χ2v) is 5.17. The highest BCUT2D eigenvalue weighted by atomic mass is 16.2. The third-order valence-electron chi connectivity index (χ3n) is 3.26. The van der Waals surface area contributed by atoms with Gasteiger partial charge < -0.3 is 20.9 Å². The van der Waals surface area contributed by atoms with Gasteiger partial charge in [-0.05, 0) is 26.3 Å². The van der Waals surface area contributed by atoms with Crippen molar-refractivity contribution in [1.82, 2.24) is 15.2 Å². The van der Waals surface area contributed by atoms with E-state index in [1.807, 2.05) is 18.4 Å². The first kappa shape index (κ1) is 13.5. The van der Waals surface area contributed by atoms with Crippen LogP contribution in [0.4, 0.5) is 5.69 Å². The smallest absolute Gasteiger partial charge is 0.268 e. The molecule has 0 radical (unpaired) electrons. The van der Waals surface area contributed by atoms with Crippen molar-refractivity contribution in [2.24, 2.45) is 0 Å². The number of nitrogens with zero attached hydrogens (tertiary/aromatic N) is 1. The van der Waals surface area contributed by atoms with Gasteiger partial charge in [0.25, 0.3) is 5.91 Å². The van der Waals surface area contributed by atoms with E-state index in [1.54, 1.807) is 12.3 Å². The molecule has 2 heterocycles. The first-order valence-electron chi connectivity index (χ1n) is 6.52. The molecule has 0 bridgehead atoms. The molecule has 104 valence electrons. The van der Waals surface area contributed by atoms with Crippen LogP contribution >= 0.6 is 0 Å². The molecular weight excluding hydrogens is 244 g/mol. The van der Waals surface area contributed by atoms with Crippen molar-refractivity contribution in [2.75, 3.05) is 12.3 Å². The molecule has 1 saturated heterocycles. The normalized spacial score (nSPS) is 19.3. The Balaban J connectivity index is 2.05. The Hall–Kier alpha value is -1.98. The zero-order valence-corrected chi connectivity index (χ0v) is 11.3. The number of piperidine rings is 1. The first-order valence-corrected chi connectivity index (χ1v) is 6.52. The van der Waals surface area contributed by atoms with Crippen molar-refractivity contribution in [3.05, 3.63) is 18.0 Å². The summed E-state index contributed by atoms with van der Waals surface area (Å²) < 4.78 is 1.85. The predicted octanol–water partition coefficient (Wildman–Crippen LogP) is 0.660. The van der Waals surface area contributed by atoms with Gasteiger partial charge in [0.15, 0.2) is 0 Å². The summed E-state index contributed by atoms with van der Waals surface area (Å²) in [5, 5.41) is 5.68. The molecule has 0 aromatic carbocycles. The molecule has 4 N–H and O–H groups in total. The average Bonchev–Trinajstić information content (AvgIpc) is 2.74. The highest BCUT2D eigenvalue weighted by Gasteiger charge is 2.22. The van der Waals surface area contributed by atoms with Crippen LogP contribution in [0.25, 0.3) is 0 Å². The standard InChI is InChI=1S/C13H20N4O2/c1-8(2)17-7-9(14)5-11(17)13(19)16-10-3-4-12(18)15-6-10/h5,7-8,10H,3-4,6,14H2,1-2H3,(H,15,18)(H,16,19). The van der Waals surface area contributed by atoms with Crippen LogP contribution in [0.2, 0.25) is 0 Å². The SMILES string of the molecule is CC(C)n1cc(N)cc1C(=O)NC1CCC(=O)NC1. The molecule has 6 heteroatoms. The van der Waals surface area contributed by atoms with E-state index < -0.39 is 0 Å². The topological polar surface area (TPSA) is 89.2 Å². The van der Waals surface area contributed by atoms with Gasteiger partial charge >= 0.3 is 0 Å². The lowest BCUT2D eigenvalue weighted by Crippen LogP contribution is -2.48. The van der Waals surface area contributed by atoms with Gasteiger partial charge in [0.1, 0.15) is 5.69 Å². The highest BCUT2D eigenvalue weighted by molar-refractivity contribution is 5.94. The predicted molar refractivity (Wildman–Crippen MR) is 72.7 cm³/mol. The lowest BCUT2D eigenvalue weighted by atomic mass is 10.1. The number of nitrogens with two attached hydrogens (primary N) is 1. The average molecular weight is 264 g/mol. The van der Waals surface area contributed by atoms with Crippen molar-refractivity contribution in [1.29, 1.82) is 0 Å². The van der Waals surface area contributed by atoms with Crippen LogP contribution in [-0.4, -0.2) is 29.0 Å². The van der Waals surface area contributed by atoms with Crippen LogP contribution in [0.5, 0.6) is 0 Å². The highest BCUT2D eigenvalue weighted by Crippen LogP contribution is 2.17. The summed E-state index contributed by atoms with van der Waals surface area (Å²) in [4.78, 5) is 23.3. The van der Waals surface area contributed by atoms with Crippen molar-refractivity contribution in [3.63, 3.8) is 0 Å². The van der Waals surface area contributed by atoms with Crippen molar-refractivity contribution < 1.29 is 9.59 Å².